The van der Waals surface area contributed by atoms with Crippen LogP contribution in [-0.4, -0.2) is 24.0 Å². The van der Waals surface area contributed by atoms with Gasteiger partial charge in [-0.3, -0.25) is 4.90 Å². The van der Waals surface area contributed by atoms with Crippen molar-refractivity contribution >= 4 is 0 Å². The summed E-state index contributed by atoms with van der Waals surface area (Å²) < 4.78 is 5.85. The molecule has 114 valence electrons. The fourth-order valence-corrected chi connectivity index (χ4v) is 2.55. The number of nitrogens with zero attached hydrogens (tertiary/aromatic N) is 1. The number of furan rings is 1. The van der Waals surface area contributed by atoms with Crippen LogP contribution in [0.4, 0.5) is 0 Å². The highest BCUT2D eigenvalue weighted by atomic mass is 16.3. The monoisotopic (exact) mass is 278 g/mol. The van der Waals surface area contributed by atoms with Crippen molar-refractivity contribution in [3.8, 4) is 0 Å². The number of aryl methyl sites for hydroxylation is 1. The van der Waals surface area contributed by atoms with Gasteiger partial charge >= 0.3 is 0 Å². The average molecular weight is 278 g/mol. The van der Waals surface area contributed by atoms with E-state index in [1.807, 2.05) is 0 Å². The first-order valence-corrected chi connectivity index (χ1v) is 8.13. The van der Waals surface area contributed by atoms with Crippen molar-refractivity contribution in [1.29, 1.82) is 0 Å². The molecule has 0 aromatic carbocycles. The third-order valence-electron chi connectivity index (χ3n) is 4.05. The fourth-order valence-electron chi connectivity index (χ4n) is 2.55. The zero-order valence-electron chi connectivity index (χ0n) is 13.5. The lowest BCUT2D eigenvalue weighted by Crippen LogP contribution is -2.27. The second kappa shape index (κ2) is 7.28. The van der Waals surface area contributed by atoms with Crippen LogP contribution in [0.1, 0.15) is 57.1 Å². The molecule has 3 heteroatoms. The second-order valence-corrected chi connectivity index (χ2v) is 6.46. The van der Waals surface area contributed by atoms with Gasteiger partial charge < -0.3 is 9.73 Å². The summed E-state index contributed by atoms with van der Waals surface area (Å²) in [6.45, 7) is 12.9. The van der Waals surface area contributed by atoms with Gasteiger partial charge in [0.25, 0.3) is 0 Å². The van der Waals surface area contributed by atoms with Crippen LogP contribution in [0, 0.1) is 12.8 Å². The van der Waals surface area contributed by atoms with Crippen LogP contribution in [0.5, 0.6) is 0 Å². The van der Waals surface area contributed by atoms with E-state index in [9.17, 15) is 0 Å². The van der Waals surface area contributed by atoms with E-state index in [4.69, 9.17) is 4.42 Å². The topological polar surface area (TPSA) is 28.4 Å². The molecular formula is C17H30N2O. The number of nitrogens with one attached hydrogen (secondary N) is 1. The Labute approximate surface area is 123 Å². The van der Waals surface area contributed by atoms with Gasteiger partial charge in [-0.25, -0.2) is 0 Å². The summed E-state index contributed by atoms with van der Waals surface area (Å²) in [5.74, 6) is 2.94. The largest absolute Gasteiger partial charge is 0.465 e. The van der Waals surface area contributed by atoms with E-state index in [0.717, 1.165) is 43.1 Å². The van der Waals surface area contributed by atoms with Crippen molar-refractivity contribution in [3.05, 3.63) is 23.2 Å². The van der Waals surface area contributed by atoms with E-state index >= 15 is 0 Å². The van der Waals surface area contributed by atoms with Gasteiger partial charge in [0.1, 0.15) is 11.5 Å². The van der Waals surface area contributed by atoms with Crippen molar-refractivity contribution in [1.82, 2.24) is 10.2 Å². The standard InChI is InChI=1S/C17H30N2O/c1-5-18-11-17-10-15(14(4)20-17)12-19(16-6-7-16)9-8-13(2)3/h10,13,16,18H,5-9,11-12H2,1-4H3. The number of hydrogen-bond donors (Lipinski definition) is 1. The normalized spacial score (nSPS) is 15.5. The first-order valence-electron chi connectivity index (χ1n) is 8.13. The van der Waals surface area contributed by atoms with Crippen molar-refractivity contribution in [3.63, 3.8) is 0 Å². The van der Waals surface area contributed by atoms with Crippen molar-refractivity contribution in [2.24, 2.45) is 5.92 Å². The Morgan fingerprint density at radius 1 is 1.40 bits per heavy atom. The van der Waals surface area contributed by atoms with Crippen LogP contribution in [0.2, 0.25) is 0 Å². The summed E-state index contributed by atoms with van der Waals surface area (Å²) in [6, 6.07) is 3.06. The molecule has 20 heavy (non-hydrogen) atoms. The molecule has 1 saturated carbocycles. The number of rotatable bonds is 9. The van der Waals surface area contributed by atoms with Crippen LogP contribution < -0.4 is 5.32 Å². The molecule has 0 amide bonds. The zero-order chi connectivity index (χ0) is 14.5. The molecule has 0 unspecified atom stereocenters. The highest BCUT2D eigenvalue weighted by molar-refractivity contribution is 5.21. The molecule has 0 saturated heterocycles. The lowest BCUT2D eigenvalue weighted by atomic mass is 10.1. The van der Waals surface area contributed by atoms with Gasteiger partial charge in [0.2, 0.25) is 0 Å². The highest BCUT2D eigenvalue weighted by Crippen LogP contribution is 2.30. The molecule has 1 aromatic rings. The lowest BCUT2D eigenvalue weighted by Gasteiger charge is -2.22. The van der Waals surface area contributed by atoms with Crippen molar-refractivity contribution in [2.45, 2.75) is 66.1 Å². The van der Waals surface area contributed by atoms with Crippen molar-refractivity contribution in [2.75, 3.05) is 13.1 Å². The van der Waals surface area contributed by atoms with Gasteiger partial charge in [0, 0.05) is 18.2 Å². The molecule has 1 aliphatic carbocycles. The van der Waals surface area contributed by atoms with Gasteiger partial charge in [-0.1, -0.05) is 20.8 Å². The molecular weight excluding hydrogens is 248 g/mol. The lowest BCUT2D eigenvalue weighted by molar-refractivity contribution is 0.238. The minimum absolute atomic E-state index is 0.783. The van der Waals surface area contributed by atoms with Crippen molar-refractivity contribution < 1.29 is 4.42 Å². The summed E-state index contributed by atoms with van der Waals surface area (Å²) in [6.07, 6.45) is 4.04. The number of hydrogen-bond acceptors (Lipinski definition) is 3. The summed E-state index contributed by atoms with van der Waals surface area (Å²) in [5.41, 5.74) is 1.37. The van der Waals surface area contributed by atoms with Crippen LogP contribution in [-0.2, 0) is 13.1 Å². The molecule has 0 aliphatic heterocycles. The minimum Gasteiger partial charge on any atom is -0.465 e. The molecule has 2 rings (SSSR count). The third kappa shape index (κ3) is 4.64. The molecule has 0 radical (unpaired) electrons. The van der Waals surface area contributed by atoms with Crippen LogP contribution in [0.25, 0.3) is 0 Å². The molecule has 1 aliphatic rings. The molecule has 1 aromatic heterocycles. The molecule has 3 nitrogen and oxygen atoms in total. The Morgan fingerprint density at radius 3 is 2.75 bits per heavy atom. The maximum absolute atomic E-state index is 5.85. The molecule has 0 atom stereocenters. The Morgan fingerprint density at radius 2 is 2.15 bits per heavy atom. The van der Waals surface area contributed by atoms with E-state index < -0.39 is 0 Å². The van der Waals surface area contributed by atoms with E-state index in [0.29, 0.717) is 0 Å². The average Bonchev–Trinajstić information content (AvgIpc) is 3.18. The maximum atomic E-state index is 5.85. The van der Waals surface area contributed by atoms with Crippen LogP contribution >= 0.6 is 0 Å². The fraction of sp³-hybridized carbons (Fsp3) is 0.765. The van der Waals surface area contributed by atoms with Gasteiger partial charge in [-0.2, -0.15) is 0 Å². The Balaban J connectivity index is 1.93. The minimum atomic E-state index is 0.783. The zero-order valence-corrected chi connectivity index (χ0v) is 13.5. The Kier molecular flexibility index (Phi) is 5.67. The summed E-state index contributed by atoms with van der Waals surface area (Å²) >= 11 is 0. The van der Waals surface area contributed by atoms with E-state index in [2.05, 4.69) is 44.0 Å². The molecule has 1 N–H and O–H groups in total. The Bertz CT molecular complexity index is 407. The quantitative estimate of drug-likeness (QED) is 0.746. The predicted molar refractivity (Wildman–Crippen MR) is 83.7 cm³/mol. The van der Waals surface area contributed by atoms with Gasteiger partial charge in [-0.15, -0.1) is 0 Å². The highest BCUT2D eigenvalue weighted by Gasteiger charge is 2.29. The molecule has 0 bridgehead atoms. The van der Waals surface area contributed by atoms with E-state index in [1.165, 1.54) is 31.4 Å². The summed E-state index contributed by atoms with van der Waals surface area (Å²) in [4.78, 5) is 2.65. The van der Waals surface area contributed by atoms with Crippen LogP contribution in [0.15, 0.2) is 10.5 Å². The maximum Gasteiger partial charge on any atom is 0.118 e. The van der Waals surface area contributed by atoms with Crippen LogP contribution in [0.3, 0.4) is 0 Å². The first kappa shape index (κ1) is 15.6. The predicted octanol–water partition coefficient (Wildman–Crippen LogP) is 3.71. The first-order chi connectivity index (χ1) is 9.60. The SMILES string of the molecule is CCNCc1cc(CN(CCC(C)C)C2CC2)c(C)o1. The smallest absolute Gasteiger partial charge is 0.118 e. The third-order valence-corrected chi connectivity index (χ3v) is 4.05. The summed E-state index contributed by atoms with van der Waals surface area (Å²) in [5, 5.41) is 3.33. The summed E-state index contributed by atoms with van der Waals surface area (Å²) in [7, 11) is 0. The molecule has 1 heterocycles. The van der Waals surface area contributed by atoms with Gasteiger partial charge in [-0.05, 0) is 51.3 Å². The van der Waals surface area contributed by atoms with Gasteiger partial charge in [0.05, 0.1) is 6.54 Å². The Hall–Kier alpha value is -0.800. The van der Waals surface area contributed by atoms with E-state index in [1.54, 1.807) is 0 Å². The molecule has 0 spiro atoms. The molecule has 1 fully saturated rings. The van der Waals surface area contributed by atoms with E-state index in [-0.39, 0.29) is 0 Å². The second-order valence-electron chi connectivity index (χ2n) is 6.46. The van der Waals surface area contributed by atoms with Gasteiger partial charge in [0.15, 0.2) is 0 Å².